The molecule has 1 saturated carbocycles. The average Bonchev–Trinajstić information content (AvgIpc) is 2.84. The number of anilines is 3. The van der Waals surface area contributed by atoms with E-state index in [2.05, 4.69) is 26.7 Å². The Morgan fingerprint density at radius 3 is 2.46 bits per heavy atom. The Morgan fingerprint density at radius 2 is 1.80 bits per heavy atom. The number of hydrogen-bond donors (Lipinski definition) is 2. The normalized spacial score (nSPS) is 14.7. The Bertz CT molecular complexity index is 1270. The van der Waals surface area contributed by atoms with E-state index in [-0.39, 0.29) is 23.4 Å². The van der Waals surface area contributed by atoms with Gasteiger partial charge in [0.25, 0.3) is 0 Å². The van der Waals surface area contributed by atoms with Crippen molar-refractivity contribution in [2.75, 3.05) is 10.6 Å². The van der Waals surface area contributed by atoms with Crippen molar-refractivity contribution >= 4 is 46.2 Å². The Balaban J connectivity index is 1.65. The highest BCUT2D eigenvalue weighted by molar-refractivity contribution is 6.32. The lowest BCUT2D eigenvalue weighted by Gasteiger charge is -2.23. The van der Waals surface area contributed by atoms with Gasteiger partial charge in [0.15, 0.2) is 0 Å². The van der Waals surface area contributed by atoms with Crippen molar-refractivity contribution in [3.05, 3.63) is 79.6 Å². The van der Waals surface area contributed by atoms with Crippen molar-refractivity contribution in [2.45, 2.75) is 51.0 Å². The fourth-order valence-electron chi connectivity index (χ4n) is 4.36. The topological polar surface area (TPSA) is 117 Å². The number of benzene rings is 2. The molecule has 8 nitrogen and oxygen atoms in total. The quantitative estimate of drug-likeness (QED) is 0.256. The molecule has 0 amide bonds. The van der Waals surface area contributed by atoms with Crippen LogP contribution in [0.25, 0.3) is 0 Å². The molecule has 0 aliphatic heterocycles. The second kappa shape index (κ2) is 10.9. The zero-order valence-corrected chi connectivity index (χ0v) is 20.6. The number of hydrogen-bond acceptors (Lipinski definition) is 7. The van der Waals surface area contributed by atoms with Gasteiger partial charge in [-0.3, -0.25) is 10.1 Å². The minimum absolute atomic E-state index is 0.0739. The summed E-state index contributed by atoms with van der Waals surface area (Å²) in [5.41, 5.74) is 2.50. The molecule has 0 spiro atoms. The lowest BCUT2D eigenvalue weighted by Crippen LogP contribution is -2.23. The lowest BCUT2D eigenvalue weighted by molar-refractivity contribution is -0.383. The molecule has 3 aromatic rings. The Morgan fingerprint density at radius 1 is 1.11 bits per heavy atom. The van der Waals surface area contributed by atoms with Crippen molar-refractivity contribution in [1.82, 2.24) is 9.97 Å². The molecule has 1 aliphatic rings. The molecule has 1 heterocycles. The molecule has 1 aliphatic carbocycles. The summed E-state index contributed by atoms with van der Waals surface area (Å²) in [6, 6.07) is 12.9. The summed E-state index contributed by atoms with van der Waals surface area (Å²) in [5, 5.41) is 29.0. The first-order chi connectivity index (χ1) is 16.9. The molecule has 4 rings (SSSR count). The summed E-state index contributed by atoms with van der Waals surface area (Å²) in [7, 11) is 0. The van der Waals surface area contributed by atoms with Crippen molar-refractivity contribution in [3.8, 4) is 6.07 Å². The van der Waals surface area contributed by atoms with E-state index in [4.69, 9.17) is 23.2 Å². The first-order valence-electron chi connectivity index (χ1n) is 11.4. The molecular formula is C25H24Cl2N6O2. The van der Waals surface area contributed by atoms with Crippen LogP contribution in [0, 0.1) is 28.4 Å². The van der Waals surface area contributed by atoms with Crippen molar-refractivity contribution in [1.29, 1.82) is 5.26 Å². The van der Waals surface area contributed by atoms with Crippen LogP contribution in [0.3, 0.4) is 0 Å². The van der Waals surface area contributed by atoms with Crippen LogP contribution < -0.4 is 10.6 Å². The van der Waals surface area contributed by atoms with Crippen LogP contribution in [0.4, 0.5) is 23.0 Å². The smallest absolute Gasteiger partial charge is 0.353 e. The fourth-order valence-corrected chi connectivity index (χ4v) is 4.75. The van der Waals surface area contributed by atoms with Crippen molar-refractivity contribution in [3.63, 3.8) is 0 Å². The number of nitrogens with zero attached hydrogens (tertiary/aromatic N) is 4. The van der Waals surface area contributed by atoms with E-state index in [1.165, 1.54) is 12.7 Å². The lowest BCUT2D eigenvalue weighted by atomic mass is 9.91. The van der Waals surface area contributed by atoms with Crippen LogP contribution in [0.1, 0.15) is 54.7 Å². The standard InChI is InChI=1S/C25H24Cl2N6O2/c1-15-11-19(20(13-28)16-7-9-17(26)10-8-16)21(27)12-22(15)32-25-23(33(34)35)24(29-14-30-25)31-18-5-3-2-4-6-18/h7-12,14,18,20H,2-6H2,1H3,(H2,29,30,31,32). The molecule has 0 saturated heterocycles. The number of aryl methyl sites for hydroxylation is 1. The van der Waals surface area contributed by atoms with Crippen LogP contribution in [0.2, 0.25) is 10.0 Å². The van der Waals surface area contributed by atoms with Crippen LogP contribution in [-0.4, -0.2) is 20.9 Å². The molecule has 1 unspecified atom stereocenters. The van der Waals surface area contributed by atoms with Gasteiger partial charge in [-0.15, -0.1) is 0 Å². The molecule has 0 bridgehead atoms. The summed E-state index contributed by atoms with van der Waals surface area (Å²) in [6.07, 6.45) is 6.56. The van der Waals surface area contributed by atoms with Gasteiger partial charge in [-0.05, 0) is 54.7 Å². The Labute approximate surface area is 213 Å². The molecule has 0 radical (unpaired) electrons. The number of aromatic nitrogens is 2. The predicted molar refractivity (Wildman–Crippen MR) is 138 cm³/mol. The van der Waals surface area contributed by atoms with Crippen LogP contribution in [-0.2, 0) is 0 Å². The number of nitriles is 1. The molecule has 1 aromatic heterocycles. The van der Waals surface area contributed by atoms with Gasteiger partial charge >= 0.3 is 5.69 Å². The zero-order valence-electron chi connectivity index (χ0n) is 19.1. The largest absolute Gasteiger partial charge is 0.361 e. The van der Waals surface area contributed by atoms with E-state index in [9.17, 15) is 15.4 Å². The van der Waals surface area contributed by atoms with Gasteiger partial charge in [0.1, 0.15) is 6.33 Å². The predicted octanol–water partition coefficient (Wildman–Crippen LogP) is 7.14. The molecule has 2 N–H and O–H groups in total. The maximum absolute atomic E-state index is 12.0. The summed E-state index contributed by atoms with van der Waals surface area (Å²) >= 11 is 12.6. The Hall–Kier alpha value is -3.41. The average molecular weight is 511 g/mol. The second-order valence-corrected chi connectivity index (χ2v) is 9.43. The van der Waals surface area contributed by atoms with Gasteiger partial charge in [-0.2, -0.15) is 5.26 Å². The first kappa shape index (κ1) is 24.7. The van der Waals surface area contributed by atoms with Gasteiger partial charge in [-0.1, -0.05) is 60.7 Å². The maximum atomic E-state index is 12.0. The van der Waals surface area contributed by atoms with E-state index in [1.807, 2.05) is 6.92 Å². The summed E-state index contributed by atoms with van der Waals surface area (Å²) in [6.45, 7) is 1.84. The minimum atomic E-state index is -0.591. The third-order valence-electron chi connectivity index (χ3n) is 6.19. The molecule has 35 heavy (non-hydrogen) atoms. The van der Waals surface area contributed by atoms with E-state index < -0.39 is 10.8 Å². The van der Waals surface area contributed by atoms with Gasteiger partial charge < -0.3 is 10.6 Å². The van der Waals surface area contributed by atoms with E-state index in [0.717, 1.165) is 36.8 Å². The zero-order chi connectivity index (χ0) is 24.9. The fraction of sp³-hybridized carbons (Fsp3) is 0.320. The second-order valence-electron chi connectivity index (χ2n) is 8.58. The molecule has 10 heteroatoms. The number of nitro groups is 1. The van der Waals surface area contributed by atoms with Crippen LogP contribution in [0.15, 0.2) is 42.7 Å². The minimum Gasteiger partial charge on any atom is -0.361 e. The SMILES string of the molecule is Cc1cc(C(C#N)c2ccc(Cl)cc2)c(Cl)cc1Nc1ncnc(NC2CCCCC2)c1[N+](=O)[O-]. The molecule has 1 fully saturated rings. The summed E-state index contributed by atoms with van der Waals surface area (Å²) in [5.74, 6) is -0.316. The molecule has 2 aromatic carbocycles. The van der Waals surface area contributed by atoms with E-state index >= 15 is 0 Å². The number of nitrogens with one attached hydrogen (secondary N) is 2. The van der Waals surface area contributed by atoms with Crippen LogP contribution >= 0.6 is 23.2 Å². The van der Waals surface area contributed by atoms with Crippen molar-refractivity contribution in [2.24, 2.45) is 0 Å². The highest BCUT2D eigenvalue weighted by Crippen LogP contribution is 2.37. The van der Waals surface area contributed by atoms with E-state index in [1.54, 1.807) is 36.4 Å². The summed E-state index contributed by atoms with van der Waals surface area (Å²) < 4.78 is 0. The molecule has 1 atom stereocenters. The van der Waals surface area contributed by atoms with Gasteiger partial charge in [0.05, 0.1) is 16.9 Å². The number of rotatable bonds is 7. The van der Waals surface area contributed by atoms with Crippen molar-refractivity contribution < 1.29 is 4.92 Å². The molecular weight excluding hydrogens is 487 g/mol. The van der Waals surface area contributed by atoms with Crippen LogP contribution in [0.5, 0.6) is 0 Å². The monoisotopic (exact) mass is 510 g/mol. The third kappa shape index (κ3) is 5.64. The highest BCUT2D eigenvalue weighted by Gasteiger charge is 2.26. The summed E-state index contributed by atoms with van der Waals surface area (Å²) in [4.78, 5) is 19.8. The maximum Gasteiger partial charge on any atom is 0.353 e. The third-order valence-corrected chi connectivity index (χ3v) is 6.77. The van der Waals surface area contributed by atoms with E-state index in [0.29, 0.717) is 21.3 Å². The van der Waals surface area contributed by atoms with Gasteiger partial charge in [0.2, 0.25) is 11.6 Å². The highest BCUT2D eigenvalue weighted by atomic mass is 35.5. The first-order valence-corrected chi connectivity index (χ1v) is 12.1. The molecule has 180 valence electrons. The van der Waals surface area contributed by atoms with Gasteiger partial charge in [-0.25, -0.2) is 9.97 Å². The number of halogens is 2. The van der Waals surface area contributed by atoms with Gasteiger partial charge in [0, 0.05) is 21.8 Å². The Kier molecular flexibility index (Phi) is 7.69.